The van der Waals surface area contributed by atoms with E-state index < -0.39 is 0 Å². The molecule has 2 N–H and O–H groups in total. The molecule has 0 amide bonds. The van der Waals surface area contributed by atoms with Gasteiger partial charge in [-0.25, -0.2) is 4.79 Å². The van der Waals surface area contributed by atoms with E-state index in [9.17, 15) is 9.59 Å². The fourth-order valence-corrected chi connectivity index (χ4v) is 3.36. The van der Waals surface area contributed by atoms with Gasteiger partial charge >= 0.3 is 5.69 Å². The molecule has 0 bridgehead atoms. The number of H-pyrrole nitrogens is 1. The van der Waals surface area contributed by atoms with Gasteiger partial charge in [-0.1, -0.05) is 45.2 Å². The highest BCUT2D eigenvalue weighted by Crippen LogP contribution is 2.26. The van der Waals surface area contributed by atoms with Gasteiger partial charge in [-0.15, -0.1) is 0 Å². The molecule has 0 saturated heterocycles. The second-order valence-corrected chi connectivity index (χ2v) is 6.89. The van der Waals surface area contributed by atoms with Crippen molar-refractivity contribution in [3.63, 3.8) is 0 Å². The largest absolute Gasteiger partial charge is 0.342 e. The van der Waals surface area contributed by atoms with Crippen molar-refractivity contribution in [2.24, 2.45) is 0 Å². The predicted molar refractivity (Wildman–Crippen MR) is 97.3 cm³/mol. The maximum absolute atomic E-state index is 12.4. The average molecular weight is 327 g/mol. The van der Waals surface area contributed by atoms with Crippen LogP contribution < -0.4 is 16.6 Å². The van der Waals surface area contributed by atoms with E-state index in [1.54, 1.807) is 0 Å². The van der Waals surface area contributed by atoms with Gasteiger partial charge < -0.3 is 5.32 Å². The number of aromatic amines is 1. The van der Waals surface area contributed by atoms with E-state index in [2.05, 4.69) is 24.1 Å². The average Bonchev–Trinajstić information content (AvgIpc) is 2.55. The summed E-state index contributed by atoms with van der Waals surface area (Å²) in [5.74, 6) is 0.910. The zero-order chi connectivity index (χ0) is 17.1. The first-order valence-corrected chi connectivity index (χ1v) is 8.77. The summed E-state index contributed by atoms with van der Waals surface area (Å²) in [7, 11) is 0. The molecule has 3 rings (SSSR count). The molecule has 1 saturated carbocycles. The Labute approximate surface area is 141 Å². The Kier molecular flexibility index (Phi) is 4.88. The third kappa shape index (κ3) is 3.61. The van der Waals surface area contributed by atoms with Crippen LogP contribution in [0.2, 0.25) is 0 Å². The Morgan fingerprint density at radius 1 is 1.08 bits per heavy atom. The van der Waals surface area contributed by atoms with Gasteiger partial charge in [-0.2, -0.15) is 0 Å². The molecule has 0 unspecified atom stereocenters. The number of aromatic nitrogens is 2. The fourth-order valence-electron chi connectivity index (χ4n) is 3.36. The molecular formula is C19H25N3O2. The predicted octanol–water partition coefficient (Wildman–Crippen LogP) is 3.91. The molecule has 1 fully saturated rings. The summed E-state index contributed by atoms with van der Waals surface area (Å²) < 4.78 is 1.38. The summed E-state index contributed by atoms with van der Waals surface area (Å²) in [5, 5.41) is 3.11. The van der Waals surface area contributed by atoms with Crippen LogP contribution in [-0.2, 0) is 0 Å². The van der Waals surface area contributed by atoms with Gasteiger partial charge in [0.1, 0.15) is 5.82 Å². The van der Waals surface area contributed by atoms with Gasteiger partial charge in [0.15, 0.2) is 0 Å². The number of anilines is 2. The van der Waals surface area contributed by atoms with Crippen molar-refractivity contribution in [2.75, 3.05) is 5.32 Å². The van der Waals surface area contributed by atoms with Gasteiger partial charge in [0.2, 0.25) is 0 Å². The highest BCUT2D eigenvalue weighted by molar-refractivity contribution is 5.56. The first-order chi connectivity index (χ1) is 11.5. The third-order valence-corrected chi connectivity index (χ3v) is 4.76. The maximum atomic E-state index is 12.4. The molecule has 1 aliphatic rings. The third-order valence-electron chi connectivity index (χ3n) is 4.76. The lowest BCUT2D eigenvalue weighted by molar-refractivity contribution is 0.336. The molecule has 5 nitrogen and oxygen atoms in total. The molecule has 128 valence electrons. The normalized spacial score (nSPS) is 15.6. The lowest BCUT2D eigenvalue weighted by Crippen LogP contribution is -2.38. The van der Waals surface area contributed by atoms with Crippen molar-refractivity contribution in [3.05, 3.63) is 56.7 Å². The molecule has 1 heterocycles. The first kappa shape index (κ1) is 16.6. The number of benzene rings is 1. The number of rotatable bonds is 4. The number of nitrogens with zero attached hydrogens (tertiary/aromatic N) is 1. The van der Waals surface area contributed by atoms with E-state index in [4.69, 9.17) is 0 Å². The molecule has 0 atom stereocenters. The van der Waals surface area contributed by atoms with Crippen molar-refractivity contribution in [1.82, 2.24) is 9.55 Å². The van der Waals surface area contributed by atoms with Gasteiger partial charge in [-0.3, -0.25) is 14.3 Å². The number of hydrogen-bond acceptors (Lipinski definition) is 3. The summed E-state index contributed by atoms with van der Waals surface area (Å²) in [5.41, 5.74) is 1.55. The van der Waals surface area contributed by atoms with E-state index in [0.717, 1.165) is 31.4 Å². The summed E-state index contributed by atoms with van der Waals surface area (Å²) >= 11 is 0. The van der Waals surface area contributed by atoms with Crippen LogP contribution in [0.3, 0.4) is 0 Å². The van der Waals surface area contributed by atoms with Crippen LogP contribution in [0.1, 0.15) is 63.5 Å². The summed E-state index contributed by atoms with van der Waals surface area (Å²) in [6.07, 6.45) is 5.17. The minimum Gasteiger partial charge on any atom is -0.342 e. The molecule has 1 aromatic heterocycles. The van der Waals surface area contributed by atoms with E-state index in [1.807, 2.05) is 24.3 Å². The Bertz CT molecular complexity index is 765. The van der Waals surface area contributed by atoms with Crippen LogP contribution in [0.4, 0.5) is 11.5 Å². The summed E-state index contributed by atoms with van der Waals surface area (Å²) in [6, 6.07) is 9.53. The van der Waals surface area contributed by atoms with Gasteiger partial charge in [0.25, 0.3) is 5.56 Å². The molecule has 2 aromatic rings. The van der Waals surface area contributed by atoms with Crippen molar-refractivity contribution in [1.29, 1.82) is 0 Å². The highest BCUT2D eigenvalue weighted by atomic mass is 16.2. The summed E-state index contributed by atoms with van der Waals surface area (Å²) in [6.45, 7) is 4.29. The van der Waals surface area contributed by atoms with Gasteiger partial charge in [0.05, 0.1) is 0 Å². The van der Waals surface area contributed by atoms with Crippen molar-refractivity contribution in [3.8, 4) is 0 Å². The van der Waals surface area contributed by atoms with Crippen LogP contribution >= 0.6 is 0 Å². The van der Waals surface area contributed by atoms with Crippen LogP contribution in [0.25, 0.3) is 0 Å². The molecular weight excluding hydrogens is 302 g/mol. The van der Waals surface area contributed by atoms with Crippen LogP contribution in [0.5, 0.6) is 0 Å². The van der Waals surface area contributed by atoms with E-state index >= 15 is 0 Å². The lowest BCUT2D eigenvalue weighted by Gasteiger charge is -2.23. The second kappa shape index (κ2) is 7.07. The van der Waals surface area contributed by atoms with Crippen molar-refractivity contribution in [2.45, 2.75) is 57.9 Å². The second-order valence-electron chi connectivity index (χ2n) is 6.89. The molecule has 0 radical (unpaired) electrons. The van der Waals surface area contributed by atoms with Crippen molar-refractivity contribution >= 4 is 11.5 Å². The van der Waals surface area contributed by atoms with Gasteiger partial charge in [-0.05, 0) is 36.5 Å². The smallest absolute Gasteiger partial charge is 0.330 e. The Morgan fingerprint density at radius 2 is 1.75 bits per heavy atom. The van der Waals surface area contributed by atoms with E-state index in [0.29, 0.717) is 11.7 Å². The molecule has 24 heavy (non-hydrogen) atoms. The van der Waals surface area contributed by atoms with E-state index in [1.165, 1.54) is 22.6 Å². The monoisotopic (exact) mass is 327 g/mol. The molecule has 1 aromatic carbocycles. The fraction of sp³-hybridized carbons (Fsp3) is 0.474. The Balaban J connectivity index is 1.82. The molecule has 1 aliphatic carbocycles. The zero-order valence-electron chi connectivity index (χ0n) is 14.3. The minimum absolute atomic E-state index is 0.0365. The highest BCUT2D eigenvalue weighted by Gasteiger charge is 2.19. The number of nitrogens with one attached hydrogen (secondary N) is 2. The van der Waals surface area contributed by atoms with Crippen LogP contribution in [0, 0.1) is 0 Å². The molecule has 5 heteroatoms. The van der Waals surface area contributed by atoms with Crippen LogP contribution in [0.15, 0.2) is 39.9 Å². The van der Waals surface area contributed by atoms with Crippen LogP contribution in [-0.4, -0.2) is 9.55 Å². The summed E-state index contributed by atoms with van der Waals surface area (Å²) in [4.78, 5) is 27.6. The molecule has 0 aliphatic heterocycles. The minimum atomic E-state index is -0.323. The Hall–Kier alpha value is -2.30. The quantitative estimate of drug-likeness (QED) is 0.894. The van der Waals surface area contributed by atoms with Crippen molar-refractivity contribution < 1.29 is 0 Å². The number of hydrogen-bond donors (Lipinski definition) is 2. The lowest BCUT2D eigenvalue weighted by atomic mass is 9.95. The maximum Gasteiger partial charge on any atom is 0.330 e. The molecule has 0 spiro atoms. The SMILES string of the molecule is CC(C)c1ccc(Nc2cc(=O)n(C3CCCCC3)c(=O)[nH]2)cc1. The van der Waals surface area contributed by atoms with E-state index in [-0.39, 0.29) is 17.3 Å². The Morgan fingerprint density at radius 3 is 2.33 bits per heavy atom. The zero-order valence-corrected chi connectivity index (χ0v) is 14.3. The topological polar surface area (TPSA) is 66.9 Å². The first-order valence-electron chi connectivity index (χ1n) is 8.77. The van der Waals surface area contributed by atoms with Gasteiger partial charge in [0, 0.05) is 17.8 Å². The standard InChI is InChI=1S/C19H25N3O2/c1-13(2)14-8-10-15(11-9-14)20-17-12-18(23)22(19(24)21-17)16-6-4-3-5-7-16/h8-13,16,20H,3-7H2,1-2H3,(H,21,24).